The summed E-state index contributed by atoms with van der Waals surface area (Å²) in [6, 6.07) is 8.44. The van der Waals surface area contributed by atoms with Gasteiger partial charge in [-0.3, -0.25) is 5.32 Å². The summed E-state index contributed by atoms with van der Waals surface area (Å²) >= 11 is 0. The van der Waals surface area contributed by atoms with E-state index in [4.69, 9.17) is 4.42 Å². The number of aromatic nitrogens is 2. The first-order chi connectivity index (χ1) is 8.79. The van der Waals surface area contributed by atoms with Gasteiger partial charge in [-0.25, -0.2) is 4.98 Å². The Labute approximate surface area is 105 Å². The Bertz CT molecular complexity index is 690. The van der Waals surface area contributed by atoms with Crippen LogP contribution in [-0.4, -0.2) is 16.0 Å². The van der Waals surface area contributed by atoms with Gasteiger partial charge in [-0.2, -0.15) is 4.98 Å². The molecule has 0 aliphatic carbocycles. The summed E-state index contributed by atoms with van der Waals surface area (Å²) in [5.41, 5.74) is 2.56. The number of nitrogens with two attached hydrogens (primary N) is 1. The lowest BCUT2D eigenvalue weighted by Gasteiger charge is -2.05. The van der Waals surface area contributed by atoms with Gasteiger partial charge >= 0.3 is 0 Å². The molecule has 0 fully saturated rings. The Morgan fingerprint density at radius 2 is 2.11 bits per heavy atom. The van der Waals surface area contributed by atoms with Gasteiger partial charge in [0, 0.05) is 5.39 Å². The van der Waals surface area contributed by atoms with E-state index in [1.807, 2.05) is 24.3 Å². The molecule has 2 heterocycles. The van der Waals surface area contributed by atoms with E-state index in [0.29, 0.717) is 6.04 Å². The Morgan fingerprint density at radius 1 is 1.28 bits per heavy atom. The molecule has 4 nitrogen and oxygen atoms in total. The molecule has 1 unspecified atom stereocenters. The zero-order valence-electron chi connectivity index (χ0n) is 10.6. The largest absolute Gasteiger partial charge is 0.446 e. The average molecular weight is 242 g/mol. The van der Waals surface area contributed by atoms with Gasteiger partial charge in [-0.05, 0) is 25.5 Å². The van der Waals surface area contributed by atoms with E-state index in [-0.39, 0.29) is 0 Å². The summed E-state index contributed by atoms with van der Waals surface area (Å²) < 4.78 is 5.87. The van der Waals surface area contributed by atoms with E-state index < -0.39 is 0 Å². The molecular weight excluding hydrogens is 226 g/mol. The number of hydrogen-bond donors (Lipinski definition) is 1. The van der Waals surface area contributed by atoms with Crippen molar-refractivity contribution >= 4 is 27.9 Å². The van der Waals surface area contributed by atoms with Crippen molar-refractivity contribution in [3.63, 3.8) is 0 Å². The molecule has 18 heavy (non-hydrogen) atoms. The summed E-state index contributed by atoms with van der Waals surface area (Å²) in [5, 5.41) is 3.19. The molecule has 0 amide bonds. The van der Waals surface area contributed by atoms with Gasteiger partial charge < -0.3 is 4.42 Å². The highest BCUT2D eigenvalue weighted by atomic mass is 16.3. The lowest BCUT2D eigenvalue weighted by atomic mass is 10.2. The zero-order valence-corrected chi connectivity index (χ0v) is 10.6. The van der Waals surface area contributed by atoms with Crippen LogP contribution in [0, 0.1) is 0 Å². The van der Waals surface area contributed by atoms with E-state index in [1.165, 1.54) is 0 Å². The first-order valence-electron chi connectivity index (χ1n) is 6.26. The number of furan rings is 1. The highest BCUT2D eigenvalue weighted by molar-refractivity contribution is 6.04. The van der Waals surface area contributed by atoms with Crippen LogP contribution in [0.1, 0.15) is 20.3 Å². The summed E-state index contributed by atoms with van der Waals surface area (Å²) in [7, 11) is 0. The molecule has 0 spiro atoms. The molecule has 3 rings (SSSR count). The fourth-order valence-corrected chi connectivity index (χ4v) is 2.05. The normalized spacial score (nSPS) is 13.2. The summed E-state index contributed by atoms with van der Waals surface area (Å²) in [4.78, 5) is 8.67. The van der Waals surface area contributed by atoms with Crippen LogP contribution in [0.2, 0.25) is 0 Å². The fourth-order valence-electron chi connectivity index (χ4n) is 2.05. The molecule has 3 aromatic rings. The van der Waals surface area contributed by atoms with Crippen LogP contribution in [0.25, 0.3) is 22.1 Å². The Balaban J connectivity index is 2.21. The fraction of sp³-hybridized carbons (Fsp3) is 0.286. The third kappa shape index (κ3) is 1.75. The molecule has 0 saturated heterocycles. The molecule has 2 N–H and O–H groups in total. The molecule has 4 heteroatoms. The van der Waals surface area contributed by atoms with E-state index >= 15 is 0 Å². The minimum atomic E-state index is 0.483. The molecule has 1 atom stereocenters. The minimum Gasteiger partial charge on any atom is -0.446 e. The maximum absolute atomic E-state index is 5.87. The number of hydrogen-bond acceptors (Lipinski definition) is 3. The van der Waals surface area contributed by atoms with Gasteiger partial charge in [0.25, 0.3) is 5.82 Å². The highest BCUT2D eigenvalue weighted by Crippen LogP contribution is 2.28. The molecular formula is C14H16N3O+. The smallest absolute Gasteiger partial charge is 0.271 e. The first-order valence-corrected chi connectivity index (χ1v) is 6.26. The maximum Gasteiger partial charge on any atom is 0.271 e. The lowest BCUT2D eigenvalue weighted by Crippen LogP contribution is -2.84. The van der Waals surface area contributed by atoms with Crippen LogP contribution in [0.15, 0.2) is 35.0 Å². The molecule has 0 saturated carbocycles. The van der Waals surface area contributed by atoms with Gasteiger partial charge in [0.15, 0.2) is 0 Å². The van der Waals surface area contributed by atoms with Crippen molar-refractivity contribution in [2.45, 2.75) is 26.3 Å². The zero-order chi connectivity index (χ0) is 12.5. The van der Waals surface area contributed by atoms with Crippen molar-refractivity contribution in [2.24, 2.45) is 0 Å². The summed E-state index contributed by atoms with van der Waals surface area (Å²) in [6.45, 7) is 4.34. The number of para-hydroxylation sites is 1. The Hall–Kier alpha value is -1.94. The monoisotopic (exact) mass is 242 g/mol. The second-order valence-corrected chi connectivity index (χ2v) is 4.59. The van der Waals surface area contributed by atoms with Gasteiger partial charge in [-0.15, -0.1) is 0 Å². The topological polar surface area (TPSA) is 55.5 Å². The van der Waals surface area contributed by atoms with Gasteiger partial charge in [0.2, 0.25) is 5.58 Å². The average Bonchev–Trinajstić information content (AvgIpc) is 2.78. The van der Waals surface area contributed by atoms with Crippen molar-refractivity contribution in [1.82, 2.24) is 9.97 Å². The molecule has 92 valence electrons. The molecule has 0 bridgehead atoms. The quantitative estimate of drug-likeness (QED) is 0.767. The number of fused-ring (bicyclic) bond motifs is 3. The number of nitrogens with zero attached hydrogens (tertiary/aromatic N) is 2. The standard InChI is InChI=1S/C14H15N3O/c1-3-9(2)17-14-13-12(15-8-16-14)10-6-4-5-7-11(10)18-13/h4-9H,3H2,1-2H3,(H,15,16,17)/p+1. The lowest BCUT2D eigenvalue weighted by molar-refractivity contribution is -0.609. The van der Waals surface area contributed by atoms with Crippen molar-refractivity contribution < 1.29 is 9.73 Å². The molecule has 2 aromatic heterocycles. The van der Waals surface area contributed by atoms with E-state index in [1.54, 1.807) is 6.33 Å². The third-order valence-corrected chi connectivity index (χ3v) is 3.27. The van der Waals surface area contributed by atoms with E-state index in [0.717, 1.165) is 34.3 Å². The Kier molecular flexibility index (Phi) is 2.72. The molecule has 0 radical (unpaired) electrons. The number of rotatable bonds is 3. The van der Waals surface area contributed by atoms with E-state index in [2.05, 4.69) is 29.1 Å². The van der Waals surface area contributed by atoms with Crippen molar-refractivity contribution in [1.29, 1.82) is 0 Å². The van der Waals surface area contributed by atoms with Crippen LogP contribution >= 0.6 is 0 Å². The first kappa shape index (κ1) is 11.2. The van der Waals surface area contributed by atoms with Gasteiger partial charge in [0.05, 0.1) is 6.04 Å². The van der Waals surface area contributed by atoms with Gasteiger partial charge in [0.1, 0.15) is 17.4 Å². The van der Waals surface area contributed by atoms with E-state index in [9.17, 15) is 0 Å². The predicted octanol–water partition coefficient (Wildman–Crippen LogP) is 2.37. The van der Waals surface area contributed by atoms with Crippen molar-refractivity contribution in [3.05, 3.63) is 30.6 Å². The molecule has 1 aromatic carbocycles. The second kappa shape index (κ2) is 4.38. The van der Waals surface area contributed by atoms with Crippen LogP contribution in [0.3, 0.4) is 0 Å². The van der Waals surface area contributed by atoms with Crippen molar-refractivity contribution in [2.75, 3.05) is 0 Å². The summed E-state index contributed by atoms with van der Waals surface area (Å²) in [6.07, 6.45) is 2.70. The van der Waals surface area contributed by atoms with Crippen LogP contribution in [0.5, 0.6) is 0 Å². The molecule has 0 aliphatic heterocycles. The van der Waals surface area contributed by atoms with Crippen LogP contribution < -0.4 is 5.32 Å². The minimum absolute atomic E-state index is 0.483. The summed E-state index contributed by atoms with van der Waals surface area (Å²) in [5.74, 6) is 0.894. The maximum atomic E-state index is 5.87. The highest BCUT2D eigenvalue weighted by Gasteiger charge is 2.16. The number of benzene rings is 1. The molecule has 0 aliphatic rings. The Morgan fingerprint density at radius 3 is 2.94 bits per heavy atom. The van der Waals surface area contributed by atoms with Crippen LogP contribution in [0.4, 0.5) is 5.82 Å². The third-order valence-electron chi connectivity index (χ3n) is 3.27. The van der Waals surface area contributed by atoms with Gasteiger partial charge in [-0.1, -0.05) is 19.1 Å². The van der Waals surface area contributed by atoms with Crippen molar-refractivity contribution in [3.8, 4) is 0 Å². The SMILES string of the molecule is CCC(C)[NH2+]c1ncnc2c1oc1ccccc12. The van der Waals surface area contributed by atoms with Crippen LogP contribution in [-0.2, 0) is 0 Å². The second-order valence-electron chi connectivity index (χ2n) is 4.59. The predicted molar refractivity (Wildman–Crippen MR) is 70.6 cm³/mol. The number of quaternary nitrogens is 1.